The number of rotatable bonds is 3. The number of hydrogen-bond acceptors (Lipinski definition) is 3. The maximum Gasteiger partial charge on any atom is 0.416 e. The first-order chi connectivity index (χ1) is 11.3. The predicted molar refractivity (Wildman–Crippen MR) is 84.3 cm³/mol. The molecule has 0 spiro atoms. The molecule has 1 N–H and O–H groups in total. The lowest BCUT2D eigenvalue weighted by molar-refractivity contribution is -0.143. The van der Waals surface area contributed by atoms with E-state index in [0.29, 0.717) is 30.2 Å². The molecule has 1 fully saturated rings. The Morgan fingerprint density at radius 2 is 1.60 bits per heavy atom. The van der Waals surface area contributed by atoms with Gasteiger partial charge in [-0.2, -0.15) is 38.1 Å². The Morgan fingerprint density at radius 1 is 1.08 bits per heavy atom. The number of halogens is 6. The minimum atomic E-state index is -4.92. The lowest BCUT2D eigenvalue weighted by Crippen LogP contribution is -2.45. The molecule has 1 aliphatic heterocycles. The molecule has 9 heteroatoms. The molecule has 0 radical (unpaired) electrons. The molecule has 1 aromatic carbocycles. The second kappa shape index (κ2) is 7.00. The van der Waals surface area contributed by atoms with Crippen molar-refractivity contribution in [2.45, 2.75) is 24.4 Å². The number of nitrogens with zero attached hydrogens (tertiary/aromatic N) is 1. The molecule has 1 aromatic rings. The van der Waals surface area contributed by atoms with Crippen LogP contribution in [0.25, 0.3) is 0 Å². The van der Waals surface area contributed by atoms with Crippen molar-refractivity contribution >= 4 is 11.8 Å². The zero-order valence-corrected chi connectivity index (χ0v) is 14.5. The summed E-state index contributed by atoms with van der Waals surface area (Å²) in [6, 6.07) is 1.38. The Labute approximate surface area is 146 Å². The van der Waals surface area contributed by atoms with E-state index >= 15 is 0 Å². The average Bonchev–Trinajstić information content (AvgIpc) is 2.47. The van der Waals surface area contributed by atoms with Crippen molar-refractivity contribution in [1.29, 1.82) is 0 Å². The maximum absolute atomic E-state index is 13.1. The molecule has 2 nitrogen and oxygen atoms in total. The van der Waals surface area contributed by atoms with Crippen LogP contribution in [0, 0.1) is 5.92 Å². The molecule has 25 heavy (non-hydrogen) atoms. The summed E-state index contributed by atoms with van der Waals surface area (Å²) in [7, 11) is 3.49. The van der Waals surface area contributed by atoms with Crippen LogP contribution >= 0.6 is 11.8 Å². The molecule has 0 saturated carbocycles. The molecule has 1 aliphatic rings. The monoisotopic (exact) mass is 387 g/mol. The zero-order chi connectivity index (χ0) is 19.0. The van der Waals surface area contributed by atoms with Crippen molar-refractivity contribution in [3.63, 3.8) is 0 Å². The Hall–Kier alpha value is -0.930. The summed E-state index contributed by atoms with van der Waals surface area (Å²) in [5.74, 6) is 0.468. The largest absolute Gasteiger partial charge is 0.416 e. The molecule has 2 atom stereocenters. The van der Waals surface area contributed by atoms with Gasteiger partial charge in [-0.15, -0.1) is 0 Å². The van der Waals surface area contributed by atoms with Crippen LogP contribution in [0.2, 0.25) is 0 Å². The highest BCUT2D eigenvalue weighted by Crippen LogP contribution is 2.44. The summed E-state index contributed by atoms with van der Waals surface area (Å²) in [6.07, 6.45) is -9.74. The molecule has 0 unspecified atom stereocenters. The lowest BCUT2D eigenvalue weighted by Gasteiger charge is -2.41. The standard InChI is InChI=1S/C16H19F6NOS/c1-23(2)8-13-9-25-4-3-14(13,24)10-5-11(15(17,18)19)7-12(6-10)16(20,21)22/h5-7,13,24H,3-4,8-9H2,1-2H3/t13-,14+/m1/s1. The Bertz CT molecular complexity index is 583. The second-order valence-corrected chi connectivity index (χ2v) is 7.65. The summed E-state index contributed by atoms with van der Waals surface area (Å²) in [5, 5.41) is 11.1. The Balaban J connectivity index is 2.58. The first-order valence-corrected chi connectivity index (χ1v) is 8.74. The number of aliphatic hydroxyl groups is 1. The van der Waals surface area contributed by atoms with Gasteiger partial charge in [0.25, 0.3) is 0 Å². The van der Waals surface area contributed by atoms with E-state index in [9.17, 15) is 31.4 Å². The van der Waals surface area contributed by atoms with Crippen LogP contribution in [0.3, 0.4) is 0 Å². The highest BCUT2D eigenvalue weighted by atomic mass is 32.2. The summed E-state index contributed by atoms with van der Waals surface area (Å²) < 4.78 is 78.4. The number of benzene rings is 1. The molecular weight excluding hydrogens is 368 g/mol. The van der Waals surface area contributed by atoms with Gasteiger partial charge in [-0.25, -0.2) is 0 Å². The molecule has 0 bridgehead atoms. The molecule has 142 valence electrons. The number of thioether (sulfide) groups is 1. The van der Waals surface area contributed by atoms with Gasteiger partial charge in [0.2, 0.25) is 0 Å². The van der Waals surface area contributed by atoms with Crippen molar-refractivity contribution in [1.82, 2.24) is 4.90 Å². The summed E-state index contributed by atoms with van der Waals surface area (Å²) in [6.45, 7) is 0.362. The van der Waals surface area contributed by atoms with Gasteiger partial charge in [-0.3, -0.25) is 0 Å². The minimum absolute atomic E-state index is 0.0887. The average molecular weight is 387 g/mol. The zero-order valence-electron chi connectivity index (χ0n) is 13.7. The molecular formula is C16H19F6NOS. The van der Waals surface area contributed by atoms with E-state index < -0.39 is 35.0 Å². The van der Waals surface area contributed by atoms with Crippen LogP contribution in [-0.2, 0) is 18.0 Å². The fourth-order valence-corrected chi connectivity index (χ4v) is 4.31. The molecule has 1 heterocycles. The van der Waals surface area contributed by atoms with E-state index in [1.54, 1.807) is 19.0 Å². The van der Waals surface area contributed by atoms with Crippen molar-refractivity contribution in [2.24, 2.45) is 5.92 Å². The molecule has 1 saturated heterocycles. The quantitative estimate of drug-likeness (QED) is 0.786. The predicted octanol–water partition coefficient (Wildman–Crippen LogP) is 4.23. The van der Waals surface area contributed by atoms with E-state index in [0.717, 1.165) is 0 Å². The van der Waals surface area contributed by atoms with Crippen molar-refractivity contribution in [2.75, 3.05) is 32.1 Å². The van der Waals surface area contributed by atoms with Gasteiger partial charge >= 0.3 is 12.4 Å². The third-order valence-corrected chi connectivity index (χ3v) is 5.43. The van der Waals surface area contributed by atoms with Gasteiger partial charge < -0.3 is 10.0 Å². The Morgan fingerprint density at radius 3 is 2.04 bits per heavy atom. The second-order valence-electron chi connectivity index (χ2n) is 6.50. The first-order valence-electron chi connectivity index (χ1n) is 7.59. The normalized spacial score (nSPS) is 25.4. The van der Waals surface area contributed by atoms with E-state index in [4.69, 9.17) is 0 Å². The first kappa shape index (κ1) is 20.4. The van der Waals surface area contributed by atoms with Crippen molar-refractivity contribution in [3.8, 4) is 0 Å². The van der Waals surface area contributed by atoms with E-state index in [1.165, 1.54) is 11.8 Å². The molecule has 0 aromatic heterocycles. The Kier molecular flexibility index (Phi) is 5.71. The van der Waals surface area contributed by atoms with E-state index in [2.05, 4.69) is 0 Å². The summed E-state index contributed by atoms with van der Waals surface area (Å²) >= 11 is 1.53. The van der Waals surface area contributed by atoms with Crippen molar-refractivity contribution < 1.29 is 31.4 Å². The van der Waals surface area contributed by atoms with E-state index in [-0.39, 0.29) is 18.1 Å². The van der Waals surface area contributed by atoms with Crippen LogP contribution < -0.4 is 0 Å². The van der Waals surface area contributed by atoms with Gasteiger partial charge in [0.15, 0.2) is 0 Å². The maximum atomic E-state index is 13.1. The fraction of sp³-hybridized carbons (Fsp3) is 0.625. The van der Waals surface area contributed by atoms with Crippen LogP contribution in [0.1, 0.15) is 23.1 Å². The van der Waals surface area contributed by atoms with Crippen LogP contribution in [0.5, 0.6) is 0 Å². The van der Waals surface area contributed by atoms with Gasteiger partial charge in [-0.05, 0) is 50.0 Å². The number of alkyl halides is 6. The molecule has 0 aliphatic carbocycles. The van der Waals surface area contributed by atoms with Gasteiger partial charge in [0.1, 0.15) is 0 Å². The lowest BCUT2D eigenvalue weighted by atomic mass is 9.78. The van der Waals surface area contributed by atoms with Gasteiger partial charge in [-0.1, -0.05) is 0 Å². The third kappa shape index (κ3) is 4.62. The minimum Gasteiger partial charge on any atom is -0.385 e. The molecule has 0 amide bonds. The van der Waals surface area contributed by atoms with Crippen LogP contribution in [-0.4, -0.2) is 42.2 Å². The summed E-state index contributed by atoms with van der Waals surface area (Å²) in [4.78, 5) is 1.76. The number of hydrogen-bond donors (Lipinski definition) is 1. The highest BCUT2D eigenvalue weighted by Gasteiger charge is 2.44. The SMILES string of the molecule is CN(C)C[C@@H]1CSCC[C@]1(O)c1cc(C(F)(F)F)cc(C(F)(F)F)c1. The van der Waals surface area contributed by atoms with Crippen LogP contribution in [0.4, 0.5) is 26.3 Å². The summed E-state index contributed by atoms with van der Waals surface area (Å²) in [5.41, 5.74) is -4.83. The molecule has 2 rings (SSSR count). The topological polar surface area (TPSA) is 23.5 Å². The highest BCUT2D eigenvalue weighted by molar-refractivity contribution is 7.99. The smallest absolute Gasteiger partial charge is 0.385 e. The van der Waals surface area contributed by atoms with Crippen molar-refractivity contribution in [3.05, 3.63) is 34.9 Å². The van der Waals surface area contributed by atoms with Gasteiger partial charge in [0, 0.05) is 18.2 Å². The fourth-order valence-electron chi connectivity index (χ4n) is 3.02. The van der Waals surface area contributed by atoms with E-state index in [1.807, 2.05) is 0 Å². The van der Waals surface area contributed by atoms with Crippen LogP contribution in [0.15, 0.2) is 18.2 Å². The van der Waals surface area contributed by atoms with Gasteiger partial charge in [0.05, 0.1) is 16.7 Å². The third-order valence-electron chi connectivity index (χ3n) is 4.30.